The Morgan fingerprint density at radius 1 is 0.944 bits per heavy atom. The van der Waals surface area contributed by atoms with E-state index in [1.807, 2.05) is 24.3 Å². The minimum absolute atomic E-state index is 0.0176. The monoisotopic (exact) mass is 481 g/mol. The zero-order valence-corrected chi connectivity index (χ0v) is 20.4. The zero-order chi connectivity index (χ0) is 24.4. The van der Waals surface area contributed by atoms with Crippen molar-refractivity contribution in [3.8, 4) is 11.3 Å². The summed E-state index contributed by atoms with van der Waals surface area (Å²) in [5, 5.41) is 8.88. The minimum Gasteiger partial charge on any atom is -0.369 e. The number of nitrogens with zero attached hydrogens (tertiary/aromatic N) is 2. The van der Waals surface area contributed by atoms with Gasteiger partial charge >= 0.3 is 0 Å². The van der Waals surface area contributed by atoms with Crippen LogP contribution in [0.2, 0.25) is 0 Å². The third-order valence-electron chi connectivity index (χ3n) is 7.72. The molecular formula is C29H27N3O4. The molecule has 0 bridgehead atoms. The molecule has 1 N–H and O–H groups in total. The van der Waals surface area contributed by atoms with Crippen LogP contribution in [0, 0.1) is 13.8 Å². The number of carbonyl (C=O) groups excluding carboxylic acids is 1. The highest BCUT2D eigenvalue weighted by atomic mass is 16.7. The molecule has 0 saturated carbocycles. The van der Waals surface area contributed by atoms with Gasteiger partial charge in [-0.05, 0) is 37.1 Å². The van der Waals surface area contributed by atoms with Crippen LogP contribution >= 0.6 is 0 Å². The SMILES string of the molecule is Cc1ccc(C)c(Nc2cc(N3CCC4(CC3)OCCO4)c3noc4c3c2C(=O)c2ccccc2-4)c1. The van der Waals surface area contributed by atoms with E-state index >= 15 is 0 Å². The molecular weight excluding hydrogens is 454 g/mol. The number of carbonyl (C=O) groups is 1. The van der Waals surface area contributed by atoms with Crippen molar-refractivity contribution in [3.63, 3.8) is 0 Å². The van der Waals surface area contributed by atoms with Crippen molar-refractivity contribution in [2.75, 3.05) is 36.5 Å². The molecule has 0 radical (unpaired) electrons. The summed E-state index contributed by atoms with van der Waals surface area (Å²) in [6.07, 6.45) is 1.56. The number of rotatable bonds is 3. The van der Waals surface area contributed by atoms with Crippen LogP contribution in [0.1, 0.15) is 39.9 Å². The number of ketones is 1. The molecule has 3 aromatic carbocycles. The summed E-state index contributed by atoms with van der Waals surface area (Å²) in [6.45, 7) is 6.97. The molecule has 1 spiro atoms. The summed E-state index contributed by atoms with van der Waals surface area (Å²) in [7, 11) is 0. The summed E-state index contributed by atoms with van der Waals surface area (Å²) in [5.74, 6) is 0.165. The summed E-state index contributed by atoms with van der Waals surface area (Å²) >= 11 is 0. The Balaban J connectivity index is 1.40. The highest BCUT2D eigenvalue weighted by molar-refractivity contribution is 6.28. The van der Waals surface area contributed by atoms with E-state index in [0.29, 0.717) is 30.1 Å². The average Bonchev–Trinajstić information content (AvgIpc) is 3.54. The van der Waals surface area contributed by atoms with Crippen molar-refractivity contribution >= 4 is 33.7 Å². The van der Waals surface area contributed by atoms with Gasteiger partial charge in [0.15, 0.2) is 17.3 Å². The smallest absolute Gasteiger partial charge is 0.196 e. The van der Waals surface area contributed by atoms with Gasteiger partial charge in [-0.15, -0.1) is 0 Å². The van der Waals surface area contributed by atoms with E-state index in [-0.39, 0.29) is 5.78 Å². The summed E-state index contributed by atoms with van der Waals surface area (Å²) in [6, 6.07) is 16.0. The van der Waals surface area contributed by atoms with E-state index < -0.39 is 5.79 Å². The van der Waals surface area contributed by atoms with Gasteiger partial charge in [0, 0.05) is 42.7 Å². The van der Waals surface area contributed by atoms with Gasteiger partial charge in [0.25, 0.3) is 0 Å². The molecule has 1 aromatic heterocycles. The second-order valence-electron chi connectivity index (χ2n) is 9.97. The third-order valence-corrected chi connectivity index (χ3v) is 7.72. The lowest BCUT2D eigenvalue weighted by atomic mass is 9.86. The number of nitrogens with one attached hydrogen (secondary N) is 1. The van der Waals surface area contributed by atoms with Gasteiger partial charge in [0.2, 0.25) is 0 Å². The first-order valence-corrected chi connectivity index (χ1v) is 12.5. The third kappa shape index (κ3) is 3.20. The van der Waals surface area contributed by atoms with Gasteiger partial charge < -0.3 is 24.2 Å². The van der Waals surface area contributed by atoms with Crippen LogP contribution < -0.4 is 10.2 Å². The van der Waals surface area contributed by atoms with E-state index in [0.717, 1.165) is 70.6 Å². The number of benzene rings is 3. The normalized spacial score (nSPS) is 18.2. The molecule has 2 aliphatic heterocycles. The maximum Gasteiger partial charge on any atom is 0.196 e. The molecule has 3 heterocycles. The lowest BCUT2D eigenvalue weighted by Crippen LogP contribution is -2.45. The van der Waals surface area contributed by atoms with Gasteiger partial charge in [-0.25, -0.2) is 0 Å². The van der Waals surface area contributed by atoms with Crippen molar-refractivity contribution in [2.45, 2.75) is 32.5 Å². The van der Waals surface area contributed by atoms with E-state index in [1.54, 1.807) is 0 Å². The summed E-state index contributed by atoms with van der Waals surface area (Å²) in [4.78, 5) is 16.2. The van der Waals surface area contributed by atoms with E-state index in [1.165, 1.54) is 0 Å². The zero-order valence-electron chi connectivity index (χ0n) is 20.4. The van der Waals surface area contributed by atoms with Crippen LogP contribution in [0.15, 0.2) is 53.1 Å². The molecule has 2 saturated heterocycles. The number of ether oxygens (including phenoxy) is 2. The molecule has 7 rings (SSSR count). The first-order valence-electron chi connectivity index (χ1n) is 12.5. The van der Waals surface area contributed by atoms with Gasteiger partial charge in [0.05, 0.1) is 35.5 Å². The van der Waals surface area contributed by atoms with Crippen LogP contribution in [-0.2, 0) is 9.47 Å². The fraction of sp³-hybridized carbons (Fsp3) is 0.310. The molecule has 2 fully saturated rings. The number of piperidine rings is 1. The number of hydrogen-bond donors (Lipinski definition) is 1. The van der Waals surface area contributed by atoms with Crippen molar-refractivity contribution in [1.82, 2.24) is 5.16 Å². The molecule has 4 aromatic rings. The van der Waals surface area contributed by atoms with Crippen LogP contribution in [0.5, 0.6) is 0 Å². The van der Waals surface area contributed by atoms with Crippen LogP contribution in [0.3, 0.4) is 0 Å². The average molecular weight is 482 g/mol. The number of anilines is 3. The number of aryl methyl sites for hydroxylation is 2. The standard InChI is InChI=1S/C29H27N3O4/c1-17-7-8-18(2)21(15-17)30-22-16-23(32-11-9-29(10-12-32)34-13-14-35-29)26-25-24(22)27(33)19-5-3-4-6-20(19)28(25)36-31-26/h3-8,15-16,30H,9-14H2,1-2H3. The van der Waals surface area contributed by atoms with Crippen LogP contribution in [-0.4, -0.2) is 43.0 Å². The Kier molecular flexibility index (Phi) is 4.75. The molecule has 3 aliphatic rings. The Morgan fingerprint density at radius 2 is 1.69 bits per heavy atom. The topological polar surface area (TPSA) is 76.8 Å². The number of fused-ring (bicyclic) bond motifs is 2. The molecule has 182 valence electrons. The van der Waals surface area contributed by atoms with Crippen molar-refractivity contribution in [1.29, 1.82) is 0 Å². The Labute approximate surface area is 209 Å². The predicted octanol–water partition coefficient (Wildman–Crippen LogP) is 5.74. The fourth-order valence-electron chi connectivity index (χ4n) is 5.77. The molecule has 7 heteroatoms. The highest BCUT2D eigenvalue weighted by Crippen LogP contribution is 2.47. The maximum absolute atomic E-state index is 13.9. The molecule has 0 unspecified atom stereocenters. The van der Waals surface area contributed by atoms with Gasteiger partial charge in [-0.2, -0.15) is 0 Å². The number of hydrogen-bond acceptors (Lipinski definition) is 7. The van der Waals surface area contributed by atoms with Gasteiger partial charge in [-0.1, -0.05) is 41.6 Å². The molecule has 36 heavy (non-hydrogen) atoms. The molecule has 0 atom stereocenters. The maximum atomic E-state index is 13.9. The summed E-state index contributed by atoms with van der Waals surface area (Å²) < 4.78 is 17.8. The first-order chi connectivity index (χ1) is 17.5. The highest BCUT2D eigenvalue weighted by Gasteiger charge is 2.41. The van der Waals surface area contributed by atoms with Crippen molar-refractivity contribution in [3.05, 3.63) is 70.8 Å². The lowest BCUT2D eigenvalue weighted by molar-refractivity contribution is -0.169. The second-order valence-corrected chi connectivity index (χ2v) is 9.97. The second kappa shape index (κ2) is 7.91. The van der Waals surface area contributed by atoms with Gasteiger partial charge in [0.1, 0.15) is 5.52 Å². The quantitative estimate of drug-likeness (QED) is 0.352. The van der Waals surface area contributed by atoms with Crippen LogP contribution in [0.25, 0.3) is 22.2 Å². The minimum atomic E-state index is -0.468. The first kappa shape index (κ1) is 21.6. The Bertz CT molecular complexity index is 1520. The summed E-state index contributed by atoms with van der Waals surface area (Å²) in [5.41, 5.74) is 7.72. The molecule has 1 aliphatic carbocycles. The van der Waals surface area contributed by atoms with Crippen molar-refractivity contribution in [2.24, 2.45) is 0 Å². The molecule has 0 amide bonds. The Hall–Kier alpha value is -3.68. The predicted molar refractivity (Wildman–Crippen MR) is 138 cm³/mol. The van der Waals surface area contributed by atoms with Gasteiger partial charge in [-0.3, -0.25) is 4.79 Å². The van der Waals surface area contributed by atoms with E-state index in [2.05, 4.69) is 53.5 Å². The Morgan fingerprint density at radius 3 is 2.47 bits per heavy atom. The molecule has 7 nitrogen and oxygen atoms in total. The largest absolute Gasteiger partial charge is 0.369 e. The fourth-order valence-corrected chi connectivity index (χ4v) is 5.77. The van der Waals surface area contributed by atoms with E-state index in [9.17, 15) is 4.79 Å². The lowest BCUT2D eigenvalue weighted by Gasteiger charge is -2.39. The van der Waals surface area contributed by atoms with Crippen molar-refractivity contribution < 1.29 is 18.8 Å². The van der Waals surface area contributed by atoms with Crippen LogP contribution in [0.4, 0.5) is 17.1 Å². The van der Waals surface area contributed by atoms with E-state index in [4.69, 9.17) is 14.0 Å². The number of aromatic nitrogens is 1.